The SMILES string of the molecule is COC1=C(NCC(=O)O)C[C@@](O)(CO)[C@@H](O)C1=NC(C)C(=O)O. The number of carboxylic acids is 2. The molecule has 1 unspecified atom stereocenters. The Bertz CT molecular complexity index is 544. The molecule has 10 nitrogen and oxygen atoms in total. The van der Waals surface area contributed by atoms with Crippen molar-refractivity contribution in [2.24, 2.45) is 4.99 Å². The molecule has 1 rings (SSSR count). The van der Waals surface area contributed by atoms with Crippen LogP contribution in [0.25, 0.3) is 0 Å². The number of ether oxygens (including phenoxy) is 1. The lowest BCUT2D eigenvalue weighted by Gasteiger charge is -2.38. The lowest BCUT2D eigenvalue weighted by molar-refractivity contribution is -0.138. The lowest BCUT2D eigenvalue weighted by Crippen LogP contribution is -2.55. The molecular formula is C13H20N2O8. The van der Waals surface area contributed by atoms with Gasteiger partial charge in [-0.05, 0) is 6.92 Å². The number of hydrogen-bond acceptors (Lipinski definition) is 8. The fourth-order valence-electron chi connectivity index (χ4n) is 2.10. The first-order valence-corrected chi connectivity index (χ1v) is 6.71. The lowest BCUT2D eigenvalue weighted by atomic mass is 9.82. The summed E-state index contributed by atoms with van der Waals surface area (Å²) in [5.74, 6) is -2.51. The molecule has 3 atom stereocenters. The molecule has 130 valence electrons. The first-order chi connectivity index (χ1) is 10.7. The number of nitrogens with one attached hydrogen (secondary N) is 1. The Balaban J connectivity index is 3.37. The molecule has 0 saturated carbocycles. The van der Waals surface area contributed by atoms with Crippen LogP contribution in [0.3, 0.4) is 0 Å². The monoisotopic (exact) mass is 332 g/mol. The highest BCUT2D eigenvalue weighted by Crippen LogP contribution is 2.31. The molecule has 0 aromatic heterocycles. The van der Waals surface area contributed by atoms with Crippen LogP contribution < -0.4 is 5.32 Å². The maximum Gasteiger partial charge on any atom is 0.328 e. The van der Waals surface area contributed by atoms with E-state index in [9.17, 15) is 24.9 Å². The highest BCUT2D eigenvalue weighted by Gasteiger charge is 2.46. The number of rotatable bonds is 7. The van der Waals surface area contributed by atoms with Gasteiger partial charge in [-0.25, -0.2) is 4.79 Å². The fourth-order valence-corrected chi connectivity index (χ4v) is 2.10. The van der Waals surface area contributed by atoms with Gasteiger partial charge in [0, 0.05) is 6.42 Å². The van der Waals surface area contributed by atoms with E-state index in [-0.39, 0.29) is 23.6 Å². The summed E-state index contributed by atoms with van der Waals surface area (Å²) in [6, 6.07) is -1.24. The fraction of sp³-hybridized carbons (Fsp3) is 0.615. The smallest absolute Gasteiger partial charge is 0.328 e. The highest BCUT2D eigenvalue weighted by molar-refractivity contribution is 6.05. The molecule has 0 amide bonds. The van der Waals surface area contributed by atoms with Crippen LogP contribution in [0.2, 0.25) is 0 Å². The number of hydrogen-bond donors (Lipinski definition) is 6. The van der Waals surface area contributed by atoms with Gasteiger partial charge >= 0.3 is 11.9 Å². The largest absolute Gasteiger partial charge is 0.493 e. The molecule has 6 N–H and O–H groups in total. The summed E-state index contributed by atoms with van der Waals surface area (Å²) in [6.45, 7) is -0.0856. The van der Waals surface area contributed by atoms with Gasteiger partial charge in [0.1, 0.15) is 30.0 Å². The molecule has 0 fully saturated rings. The summed E-state index contributed by atoms with van der Waals surface area (Å²) in [6.07, 6.45) is -2.01. The highest BCUT2D eigenvalue weighted by atomic mass is 16.5. The van der Waals surface area contributed by atoms with E-state index in [1.54, 1.807) is 0 Å². The maximum absolute atomic E-state index is 11.0. The van der Waals surface area contributed by atoms with Gasteiger partial charge in [0.25, 0.3) is 0 Å². The van der Waals surface area contributed by atoms with E-state index < -0.39 is 42.8 Å². The molecule has 1 aliphatic carbocycles. The second-order valence-corrected chi connectivity index (χ2v) is 5.13. The van der Waals surface area contributed by atoms with Crippen molar-refractivity contribution in [2.45, 2.75) is 31.1 Å². The van der Waals surface area contributed by atoms with Crippen molar-refractivity contribution in [3.8, 4) is 0 Å². The molecule has 0 aromatic rings. The van der Waals surface area contributed by atoms with Gasteiger partial charge in [-0.15, -0.1) is 0 Å². The first kappa shape index (κ1) is 18.9. The van der Waals surface area contributed by atoms with E-state index in [1.165, 1.54) is 14.0 Å². The topological polar surface area (TPSA) is 169 Å². The van der Waals surface area contributed by atoms with E-state index >= 15 is 0 Å². The maximum atomic E-state index is 11.0. The average Bonchev–Trinajstić information content (AvgIpc) is 2.49. The summed E-state index contributed by atoms with van der Waals surface area (Å²) in [7, 11) is 1.23. The number of carbonyl (C=O) groups is 2. The molecule has 1 aliphatic rings. The van der Waals surface area contributed by atoms with Crippen molar-refractivity contribution in [1.29, 1.82) is 0 Å². The molecule has 23 heavy (non-hydrogen) atoms. The Labute approximate surface area is 131 Å². The standard InChI is InChI=1S/C13H20N2O8/c1-6(12(20)21)15-9-10(23-2)7(14-4-8(17)18)3-13(22,5-16)11(9)19/h6,11,14,16,19,22H,3-5H2,1-2H3,(H,17,18)(H,20,21)/t6?,11-,13+/m0/s1. The molecule has 0 saturated heterocycles. The van der Waals surface area contributed by atoms with Crippen molar-refractivity contribution in [1.82, 2.24) is 5.32 Å². The zero-order valence-corrected chi connectivity index (χ0v) is 12.7. The average molecular weight is 332 g/mol. The molecule has 0 bridgehead atoms. The Morgan fingerprint density at radius 2 is 2.09 bits per heavy atom. The first-order valence-electron chi connectivity index (χ1n) is 6.71. The molecule has 0 heterocycles. The predicted octanol–water partition coefficient (Wildman–Crippen LogP) is -2.08. The molecule has 0 aromatic carbocycles. The van der Waals surface area contributed by atoms with Crippen LogP contribution in [-0.4, -0.2) is 81.2 Å². The van der Waals surface area contributed by atoms with Crippen molar-refractivity contribution >= 4 is 17.7 Å². The minimum Gasteiger partial charge on any atom is -0.493 e. The summed E-state index contributed by atoms with van der Waals surface area (Å²) < 4.78 is 5.09. The van der Waals surface area contributed by atoms with Gasteiger partial charge in [-0.1, -0.05) is 0 Å². The van der Waals surface area contributed by atoms with E-state index in [0.29, 0.717) is 0 Å². The van der Waals surface area contributed by atoms with Crippen LogP contribution in [0.5, 0.6) is 0 Å². The van der Waals surface area contributed by atoms with Crippen molar-refractivity contribution < 1.29 is 39.9 Å². The van der Waals surface area contributed by atoms with Crippen LogP contribution in [0.15, 0.2) is 16.4 Å². The Hall–Kier alpha value is -2.17. The van der Waals surface area contributed by atoms with Crippen LogP contribution in [0.4, 0.5) is 0 Å². The molecule has 0 spiro atoms. The molecule has 10 heteroatoms. The molecule has 0 radical (unpaired) electrons. The van der Waals surface area contributed by atoms with Crippen LogP contribution in [0, 0.1) is 0 Å². The summed E-state index contributed by atoms with van der Waals surface area (Å²) in [4.78, 5) is 25.5. The zero-order chi connectivity index (χ0) is 17.8. The van der Waals surface area contributed by atoms with Crippen molar-refractivity contribution in [3.05, 3.63) is 11.5 Å². The van der Waals surface area contributed by atoms with Gasteiger partial charge in [0.2, 0.25) is 0 Å². The van der Waals surface area contributed by atoms with E-state index in [2.05, 4.69) is 10.3 Å². The van der Waals surface area contributed by atoms with Gasteiger partial charge in [0.05, 0.1) is 19.4 Å². The Kier molecular flexibility index (Phi) is 6.07. The molecule has 0 aliphatic heterocycles. The number of aliphatic hydroxyl groups excluding tert-OH is 2. The Morgan fingerprint density at radius 3 is 2.52 bits per heavy atom. The Morgan fingerprint density at radius 1 is 1.48 bits per heavy atom. The number of nitrogens with zero attached hydrogens (tertiary/aromatic N) is 1. The van der Waals surface area contributed by atoms with Gasteiger partial charge in [-0.2, -0.15) is 0 Å². The summed E-state index contributed by atoms with van der Waals surface area (Å²) >= 11 is 0. The van der Waals surface area contributed by atoms with Gasteiger partial charge < -0.3 is 35.6 Å². The number of methoxy groups -OCH3 is 1. The second-order valence-electron chi connectivity index (χ2n) is 5.13. The van der Waals surface area contributed by atoms with Crippen LogP contribution >= 0.6 is 0 Å². The van der Waals surface area contributed by atoms with Crippen LogP contribution in [-0.2, 0) is 14.3 Å². The van der Waals surface area contributed by atoms with Gasteiger partial charge in [0.15, 0.2) is 5.76 Å². The third-order valence-electron chi connectivity index (χ3n) is 3.38. The minimum atomic E-state index is -2.04. The number of aliphatic imine (C=N–C) groups is 1. The normalized spacial score (nSPS) is 27.7. The van der Waals surface area contributed by atoms with E-state index in [4.69, 9.17) is 14.9 Å². The third kappa shape index (κ3) is 4.18. The summed E-state index contributed by atoms with van der Waals surface area (Å²) in [5.41, 5.74) is -2.23. The van der Waals surface area contributed by atoms with Crippen molar-refractivity contribution in [3.63, 3.8) is 0 Å². The predicted molar refractivity (Wildman–Crippen MR) is 76.9 cm³/mol. The van der Waals surface area contributed by atoms with Crippen molar-refractivity contribution in [2.75, 3.05) is 20.3 Å². The number of carboxylic acid groups (broad SMARTS) is 2. The van der Waals surface area contributed by atoms with Gasteiger partial charge in [-0.3, -0.25) is 9.79 Å². The molecular weight excluding hydrogens is 312 g/mol. The summed E-state index contributed by atoms with van der Waals surface area (Å²) in [5, 5.41) is 50.1. The quantitative estimate of drug-likeness (QED) is 0.306. The van der Waals surface area contributed by atoms with E-state index in [0.717, 1.165) is 0 Å². The van der Waals surface area contributed by atoms with Crippen LogP contribution in [0.1, 0.15) is 13.3 Å². The second kappa shape index (κ2) is 7.40. The van der Waals surface area contributed by atoms with E-state index in [1.807, 2.05) is 0 Å². The number of aliphatic carboxylic acids is 2. The zero-order valence-electron chi connectivity index (χ0n) is 12.7. The number of aliphatic hydroxyl groups is 3. The minimum absolute atomic E-state index is 0.0648. The third-order valence-corrected chi connectivity index (χ3v) is 3.38.